The van der Waals surface area contributed by atoms with E-state index in [1.165, 1.54) is 25.3 Å². The van der Waals surface area contributed by atoms with Crippen LogP contribution in [0, 0.1) is 0 Å². The minimum absolute atomic E-state index is 0.0474. The Bertz CT molecular complexity index is 611. The number of alkyl halides is 3. The van der Waals surface area contributed by atoms with Crippen molar-refractivity contribution in [3.63, 3.8) is 0 Å². The van der Waals surface area contributed by atoms with Crippen molar-refractivity contribution >= 4 is 17.6 Å². The Balaban J connectivity index is 2.39. The lowest BCUT2D eigenvalue weighted by molar-refractivity contribution is -0.136. The summed E-state index contributed by atoms with van der Waals surface area (Å²) < 4.78 is 43.5. The van der Waals surface area contributed by atoms with E-state index >= 15 is 0 Å². The highest BCUT2D eigenvalue weighted by Crippen LogP contribution is 2.35. The third kappa shape index (κ3) is 3.48. The lowest BCUT2D eigenvalue weighted by atomic mass is 10.1. The molecule has 0 unspecified atom stereocenters. The maximum atomic E-state index is 12.9. The number of benzene rings is 1. The smallest absolute Gasteiger partial charge is 0.418 e. The van der Waals surface area contributed by atoms with Crippen LogP contribution < -0.4 is 21.3 Å². The summed E-state index contributed by atoms with van der Waals surface area (Å²) in [5, 5.41) is 2.47. The first-order chi connectivity index (χ1) is 9.94. The van der Waals surface area contributed by atoms with Crippen LogP contribution in [0.15, 0.2) is 24.3 Å². The van der Waals surface area contributed by atoms with Gasteiger partial charge in [-0.15, -0.1) is 0 Å². The van der Waals surface area contributed by atoms with Gasteiger partial charge < -0.3 is 10.1 Å². The van der Waals surface area contributed by atoms with Gasteiger partial charge >= 0.3 is 12.2 Å². The molecule has 2 aromatic rings. The van der Waals surface area contributed by atoms with Crippen molar-refractivity contribution in [2.24, 2.45) is 5.84 Å². The van der Waals surface area contributed by atoms with Gasteiger partial charge in [0.25, 0.3) is 0 Å². The zero-order valence-electron chi connectivity index (χ0n) is 10.8. The minimum Gasteiger partial charge on any atom is -0.467 e. The van der Waals surface area contributed by atoms with Crippen molar-refractivity contribution < 1.29 is 17.9 Å². The number of nitrogens with zero attached hydrogens (tertiary/aromatic N) is 3. The molecule has 4 N–H and O–H groups in total. The molecule has 2 rings (SSSR count). The summed E-state index contributed by atoms with van der Waals surface area (Å²) in [4.78, 5) is 11.3. The minimum atomic E-state index is -4.50. The molecule has 0 atom stereocenters. The van der Waals surface area contributed by atoms with E-state index in [-0.39, 0.29) is 23.6 Å². The molecule has 0 aliphatic rings. The Morgan fingerprint density at radius 1 is 1.10 bits per heavy atom. The number of rotatable bonds is 4. The van der Waals surface area contributed by atoms with E-state index in [9.17, 15) is 13.2 Å². The standard InChI is InChI=1S/C11H11F3N6O/c1-21-10-18-8(17-9(19-10)20-15)16-7-5-3-2-4-6(7)11(12,13)14/h2-5H,15H2,1H3,(H2,16,17,18,19,20). The van der Waals surface area contributed by atoms with E-state index in [0.717, 1.165) is 6.07 Å². The number of hydrogen-bond donors (Lipinski definition) is 3. The largest absolute Gasteiger partial charge is 0.467 e. The van der Waals surface area contributed by atoms with Crippen LogP contribution in [0.1, 0.15) is 5.56 Å². The highest BCUT2D eigenvalue weighted by atomic mass is 19.4. The summed E-state index contributed by atoms with van der Waals surface area (Å²) in [5.41, 5.74) is 1.13. The van der Waals surface area contributed by atoms with Gasteiger partial charge in [-0.2, -0.15) is 28.1 Å². The van der Waals surface area contributed by atoms with Crippen LogP contribution in [-0.2, 0) is 6.18 Å². The van der Waals surface area contributed by atoms with Crippen molar-refractivity contribution in [2.75, 3.05) is 17.9 Å². The number of methoxy groups -OCH3 is 1. The summed E-state index contributed by atoms with van der Waals surface area (Å²) in [6.07, 6.45) is -4.50. The van der Waals surface area contributed by atoms with Crippen molar-refractivity contribution in [3.8, 4) is 6.01 Å². The van der Waals surface area contributed by atoms with Crippen molar-refractivity contribution in [2.45, 2.75) is 6.18 Å². The predicted octanol–water partition coefficient (Wildman–Crippen LogP) is 1.93. The Morgan fingerprint density at radius 3 is 2.38 bits per heavy atom. The molecular weight excluding hydrogens is 289 g/mol. The Labute approximate surface area is 117 Å². The lowest BCUT2D eigenvalue weighted by Crippen LogP contribution is -2.14. The first kappa shape index (κ1) is 14.8. The summed E-state index contributed by atoms with van der Waals surface area (Å²) in [6.45, 7) is 0. The fourth-order valence-corrected chi connectivity index (χ4v) is 1.53. The first-order valence-corrected chi connectivity index (χ1v) is 5.64. The second kappa shape index (κ2) is 5.79. The molecule has 0 saturated heterocycles. The number of ether oxygens (including phenoxy) is 1. The van der Waals surface area contributed by atoms with Gasteiger partial charge in [0.1, 0.15) is 0 Å². The third-order valence-electron chi connectivity index (χ3n) is 2.41. The predicted molar refractivity (Wildman–Crippen MR) is 68.9 cm³/mol. The SMILES string of the molecule is COc1nc(NN)nc(Nc2ccccc2C(F)(F)F)n1. The molecule has 0 aliphatic carbocycles. The molecule has 1 heterocycles. The fourth-order valence-electron chi connectivity index (χ4n) is 1.53. The summed E-state index contributed by atoms with van der Waals surface area (Å²) in [5.74, 6) is 4.99. The van der Waals surface area contributed by atoms with E-state index in [2.05, 4.69) is 25.7 Å². The molecule has 0 aliphatic heterocycles. The second-order valence-corrected chi connectivity index (χ2v) is 3.78. The van der Waals surface area contributed by atoms with E-state index in [4.69, 9.17) is 10.6 Å². The molecule has 0 saturated carbocycles. The quantitative estimate of drug-likeness (QED) is 0.586. The molecule has 0 fully saturated rings. The molecule has 0 amide bonds. The van der Waals surface area contributed by atoms with E-state index < -0.39 is 11.7 Å². The Morgan fingerprint density at radius 2 is 1.76 bits per heavy atom. The zero-order valence-corrected chi connectivity index (χ0v) is 10.8. The van der Waals surface area contributed by atoms with Crippen molar-refractivity contribution in [1.29, 1.82) is 0 Å². The number of nitrogens with two attached hydrogens (primary N) is 1. The van der Waals surface area contributed by atoms with E-state index in [0.29, 0.717) is 0 Å². The Kier molecular flexibility index (Phi) is 4.08. The van der Waals surface area contributed by atoms with Gasteiger partial charge in [0.15, 0.2) is 0 Å². The van der Waals surface area contributed by atoms with Crippen LogP contribution in [0.5, 0.6) is 6.01 Å². The highest BCUT2D eigenvalue weighted by Gasteiger charge is 2.33. The number of halogens is 3. The molecule has 1 aromatic heterocycles. The molecule has 0 radical (unpaired) electrons. The van der Waals surface area contributed by atoms with Crippen LogP contribution in [-0.4, -0.2) is 22.1 Å². The summed E-state index contributed by atoms with van der Waals surface area (Å²) in [6, 6.07) is 4.86. The normalized spacial score (nSPS) is 11.1. The van der Waals surface area contributed by atoms with Crippen LogP contribution in [0.25, 0.3) is 0 Å². The number of hydrazine groups is 1. The lowest BCUT2D eigenvalue weighted by Gasteiger charge is -2.13. The summed E-state index contributed by atoms with van der Waals surface area (Å²) in [7, 11) is 1.31. The fraction of sp³-hybridized carbons (Fsp3) is 0.182. The van der Waals surface area contributed by atoms with E-state index in [1.54, 1.807) is 0 Å². The number of hydrogen-bond acceptors (Lipinski definition) is 7. The van der Waals surface area contributed by atoms with Gasteiger partial charge in [0.05, 0.1) is 18.4 Å². The maximum absolute atomic E-state index is 12.9. The van der Waals surface area contributed by atoms with Crippen LogP contribution >= 0.6 is 0 Å². The number of nitrogens with one attached hydrogen (secondary N) is 2. The molecular formula is C11H11F3N6O. The average molecular weight is 300 g/mol. The van der Waals surface area contributed by atoms with Crippen molar-refractivity contribution in [3.05, 3.63) is 29.8 Å². The van der Waals surface area contributed by atoms with Gasteiger partial charge in [-0.3, -0.25) is 5.43 Å². The third-order valence-corrected chi connectivity index (χ3v) is 2.41. The van der Waals surface area contributed by atoms with Gasteiger partial charge in [-0.25, -0.2) is 5.84 Å². The molecule has 21 heavy (non-hydrogen) atoms. The number of nitrogen functional groups attached to an aromatic ring is 1. The molecule has 0 bridgehead atoms. The van der Waals surface area contributed by atoms with Gasteiger partial charge in [-0.05, 0) is 12.1 Å². The number of aromatic nitrogens is 3. The zero-order chi connectivity index (χ0) is 15.5. The molecule has 112 valence electrons. The van der Waals surface area contributed by atoms with Crippen LogP contribution in [0.4, 0.5) is 30.8 Å². The molecule has 0 spiro atoms. The van der Waals surface area contributed by atoms with Crippen LogP contribution in [0.2, 0.25) is 0 Å². The van der Waals surface area contributed by atoms with Gasteiger partial charge in [-0.1, -0.05) is 12.1 Å². The van der Waals surface area contributed by atoms with Gasteiger partial charge in [0.2, 0.25) is 11.9 Å². The molecule has 10 heteroatoms. The van der Waals surface area contributed by atoms with Crippen molar-refractivity contribution in [1.82, 2.24) is 15.0 Å². The van der Waals surface area contributed by atoms with Crippen LogP contribution in [0.3, 0.4) is 0 Å². The molecule has 1 aromatic carbocycles. The topological polar surface area (TPSA) is 98.0 Å². The van der Waals surface area contributed by atoms with Gasteiger partial charge in [0, 0.05) is 0 Å². The van der Waals surface area contributed by atoms with E-state index in [1.807, 2.05) is 0 Å². The average Bonchev–Trinajstić information content (AvgIpc) is 2.46. The second-order valence-electron chi connectivity index (χ2n) is 3.78. The Hall–Kier alpha value is -2.62. The monoisotopic (exact) mass is 300 g/mol. The number of para-hydroxylation sites is 1. The molecule has 7 nitrogen and oxygen atoms in total. The number of anilines is 3. The highest BCUT2D eigenvalue weighted by molar-refractivity contribution is 5.60. The summed E-state index contributed by atoms with van der Waals surface area (Å²) >= 11 is 0. The first-order valence-electron chi connectivity index (χ1n) is 5.64. The maximum Gasteiger partial charge on any atom is 0.418 e.